The van der Waals surface area contributed by atoms with Crippen LogP contribution in [0.15, 0.2) is 24.3 Å². The van der Waals surface area contributed by atoms with Crippen LogP contribution in [0.1, 0.15) is 17.5 Å². The molecule has 3 N–H and O–H groups in total. The number of nitrogens with two attached hydrogens (primary N) is 1. The highest BCUT2D eigenvalue weighted by atomic mass is 32.2. The Kier molecular flexibility index (Phi) is 4.97. The predicted octanol–water partition coefficient (Wildman–Crippen LogP) is -0.162. The van der Waals surface area contributed by atoms with Crippen molar-refractivity contribution in [2.24, 2.45) is 5.84 Å². The van der Waals surface area contributed by atoms with Gasteiger partial charge in [0.1, 0.15) is 0 Å². The zero-order valence-corrected chi connectivity index (χ0v) is 12.9. The standard InChI is InChI=1S/C14H21N3O3S/c1-17(13-6-7-21(19,20)10-13)9-12-5-3-2-4-11(12)8-14(18)16-15/h2-5,13H,6-10,15H2,1H3,(H,16,18). The number of hydrazine groups is 1. The fourth-order valence-corrected chi connectivity index (χ4v) is 4.43. The van der Waals surface area contributed by atoms with Crippen molar-refractivity contribution in [3.8, 4) is 0 Å². The first-order valence-corrected chi connectivity index (χ1v) is 8.70. The number of sulfone groups is 1. The van der Waals surface area contributed by atoms with Crippen LogP contribution in [0.25, 0.3) is 0 Å². The van der Waals surface area contributed by atoms with Crippen molar-refractivity contribution in [2.45, 2.75) is 25.4 Å². The molecule has 1 aromatic rings. The van der Waals surface area contributed by atoms with E-state index in [0.29, 0.717) is 13.0 Å². The van der Waals surface area contributed by atoms with E-state index in [4.69, 9.17) is 5.84 Å². The molecule has 1 heterocycles. The van der Waals surface area contributed by atoms with Crippen molar-refractivity contribution in [3.63, 3.8) is 0 Å². The largest absolute Gasteiger partial charge is 0.298 e. The summed E-state index contributed by atoms with van der Waals surface area (Å²) in [6.07, 6.45) is 0.897. The van der Waals surface area contributed by atoms with Crippen LogP contribution < -0.4 is 11.3 Å². The molecule has 1 aromatic carbocycles. The molecule has 0 aromatic heterocycles. The molecule has 1 fully saturated rings. The third-order valence-corrected chi connectivity index (χ3v) is 5.63. The molecule has 1 atom stereocenters. The van der Waals surface area contributed by atoms with Gasteiger partial charge in [0, 0.05) is 12.6 Å². The van der Waals surface area contributed by atoms with Crippen molar-refractivity contribution >= 4 is 15.7 Å². The average molecular weight is 311 g/mol. The highest BCUT2D eigenvalue weighted by molar-refractivity contribution is 7.91. The maximum atomic E-state index is 11.6. The number of hydrogen-bond donors (Lipinski definition) is 2. The molecule has 1 amide bonds. The minimum Gasteiger partial charge on any atom is -0.298 e. The van der Waals surface area contributed by atoms with Gasteiger partial charge >= 0.3 is 0 Å². The summed E-state index contributed by atoms with van der Waals surface area (Å²) in [6, 6.07) is 7.69. The van der Waals surface area contributed by atoms with Crippen molar-refractivity contribution in [2.75, 3.05) is 18.6 Å². The molecule has 0 bridgehead atoms. The number of carbonyl (C=O) groups is 1. The third-order valence-electron chi connectivity index (χ3n) is 3.88. The van der Waals surface area contributed by atoms with Gasteiger partial charge in [0.25, 0.3) is 0 Å². The minimum atomic E-state index is -2.89. The number of hydrogen-bond acceptors (Lipinski definition) is 5. The van der Waals surface area contributed by atoms with E-state index >= 15 is 0 Å². The van der Waals surface area contributed by atoms with E-state index in [1.807, 2.05) is 36.2 Å². The van der Waals surface area contributed by atoms with E-state index in [0.717, 1.165) is 11.1 Å². The lowest BCUT2D eigenvalue weighted by molar-refractivity contribution is -0.120. The van der Waals surface area contributed by atoms with Crippen LogP contribution in [0.2, 0.25) is 0 Å². The molecule has 2 rings (SSSR count). The van der Waals surface area contributed by atoms with Gasteiger partial charge in [0.15, 0.2) is 9.84 Å². The van der Waals surface area contributed by atoms with Crippen LogP contribution in [-0.4, -0.2) is 43.8 Å². The molecular weight excluding hydrogens is 290 g/mol. The van der Waals surface area contributed by atoms with Gasteiger partial charge in [0.05, 0.1) is 17.9 Å². The maximum absolute atomic E-state index is 11.6. The Balaban J connectivity index is 2.07. The number of rotatable bonds is 5. The van der Waals surface area contributed by atoms with Crippen molar-refractivity contribution in [1.82, 2.24) is 10.3 Å². The maximum Gasteiger partial charge on any atom is 0.238 e. The highest BCUT2D eigenvalue weighted by Gasteiger charge is 2.30. The number of benzene rings is 1. The summed E-state index contributed by atoms with van der Waals surface area (Å²) in [4.78, 5) is 13.5. The zero-order valence-electron chi connectivity index (χ0n) is 12.1. The molecule has 6 nitrogen and oxygen atoms in total. The molecule has 1 saturated heterocycles. The van der Waals surface area contributed by atoms with Crippen LogP contribution in [0.5, 0.6) is 0 Å². The van der Waals surface area contributed by atoms with E-state index in [9.17, 15) is 13.2 Å². The normalized spacial score (nSPS) is 20.6. The van der Waals surface area contributed by atoms with Crippen molar-refractivity contribution < 1.29 is 13.2 Å². The van der Waals surface area contributed by atoms with Gasteiger partial charge < -0.3 is 0 Å². The monoisotopic (exact) mass is 311 g/mol. The van der Waals surface area contributed by atoms with E-state index in [1.165, 1.54) is 0 Å². The van der Waals surface area contributed by atoms with Crippen LogP contribution in [0.4, 0.5) is 0 Å². The van der Waals surface area contributed by atoms with Crippen molar-refractivity contribution in [1.29, 1.82) is 0 Å². The Hall–Kier alpha value is -1.44. The molecule has 1 aliphatic heterocycles. The second kappa shape index (κ2) is 6.55. The quantitative estimate of drug-likeness (QED) is 0.448. The first kappa shape index (κ1) is 15.9. The number of amides is 1. The summed E-state index contributed by atoms with van der Waals surface area (Å²) in [6.45, 7) is 0.619. The second-order valence-electron chi connectivity index (χ2n) is 5.48. The van der Waals surface area contributed by atoms with E-state index < -0.39 is 9.84 Å². The topological polar surface area (TPSA) is 92.5 Å². The lowest BCUT2D eigenvalue weighted by atomic mass is 10.0. The van der Waals surface area contributed by atoms with Crippen molar-refractivity contribution in [3.05, 3.63) is 35.4 Å². The van der Waals surface area contributed by atoms with Gasteiger partial charge in [-0.1, -0.05) is 24.3 Å². The molecule has 1 unspecified atom stereocenters. The second-order valence-corrected chi connectivity index (χ2v) is 7.71. The first-order valence-electron chi connectivity index (χ1n) is 6.88. The van der Waals surface area contributed by atoms with Crippen LogP contribution in [-0.2, 0) is 27.6 Å². The Morgan fingerprint density at radius 1 is 1.38 bits per heavy atom. The Morgan fingerprint density at radius 3 is 2.62 bits per heavy atom. The van der Waals surface area contributed by atoms with Gasteiger partial charge in [-0.3, -0.25) is 15.1 Å². The van der Waals surface area contributed by atoms with E-state index in [-0.39, 0.29) is 29.9 Å². The summed E-state index contributed by atoms with van der Waals surface area (Å²) in [7, 11) is -0.966. The lowest BCUT2D eigenvalue weighted by Gasteiger charge is -2.24. The average Bonchev–Trinajstić information content (AvgIpc) is 2.81. The molecule has 1 aliphatic rings. The Bertz CT molecular complexity index is 616. The summed E-state index contributed by atoms with van der Waals surface area (Å²) >= 11 is 0. The van der Waals surface area contributed by atoms with E-state index in [2.05, 4.69) is 5.43 Å². The fourth-order valence-electron chi connectivity index (χ4n) is 2.63. The minimum absolute atomic E-state index is 0.0476. The first-order chi connectivity index (χ1) is 9.91. The molecule has 0 saturated carbocycles. The molecule has 21 heavy (non-hydrogen) atoms. The Morgan fingerprint density at radius 2 is 2.05 bits per heavy atom. The molecule has 0 spiro atoms. The summed E-state index contributed by atoms with van der Waals surface area (Å²) in [5, 5.41) is 0. The third kappa shape index (κ3) is 4.26. The number of nitrogens with one attached hydrogen (secondary N) is 1. The van der Waals surface area contributed by atoms with Gasteiger partial charge in [-0.05, 0) is 24.6 Å². The lowest BCUT2D eigenvalue weighted by Crippen LogP contribution is -2.33. The fraction of sp³-hybridized carbons (Fsp3) is 0.500. The summed E-state index contributed by atoms with van der Waals surface area (Å²) in [5.74, 6) is 5.36. The van der Waals surface area contributed by atoms with E-state index in [1.54, 1.807) is 0 Å². The SMILES string of the molecule is CN(Cc1ccccc1CC(=O)NN)C1CCS(=O)(=O)C1. The van der Waals surface area contributed by atoms with Crippen LogP contribution in [0, 0.1) is 0 Å². The predicted molar refractivity (Wildman–Crippen MR) is 81.0 cm³/mol. The molecule has 0 radical (unpaired) electrons. The number of carbonyl (C=O) groups excluding carboxylic acids is 1. The van der Waals surface area contributed by atoms with Gasteiger partial charge in [-0.2, -0.15) is 0 Å². The van der Waals surface area contributed by atoms with Gasteiger partial charge in [-0.15, -0.1) is 0 Å². The smallest absolute Gasteiger partial charge is 0.238 e. The summed E-state index contributed by atoms with van der Waals surface area (Å²) in [5.41, 5.74) is 4.06. The highest BCUT2D eigenvalue weighted by Crippen LogP contribution is 2.20. The molecular formula is C14H21N3O3S. The molecule has 0 aliphatic carbocycles. The van der Waals surface area contributed by atoms with Crippen LogP contribution in [0.3, 0.4) is 0 Å². The number of nitrogens with zero attached hydrogens (tertiary/aromatic N) is 1. The van der Waals surface area contributed by atoms with Crippen LogP contribution >= 0.6 is 0 Å². The molecule has 7 heteroatoms. The zero-order chi connectivity index (χ0) is 15.5. The van der Waals surface area contributed by atoms with Gasteiger partial charge in [0.2, 0.25) is 5.91 Å². The molecule has 116 valence electrons. The summed E-state index contributed by atoms with van der Waals surface area (Å²) < 4.78 is 23.1. The Labute approximate surface area is 125 Å². The van der Waals surface area contributed by atoms with Gasteiger partial charge in [-0.25, -0.2) is 14.3 Å².